The first-order valence-corrected chi connectivity index (χ1v) is 12.8. The number of benzene rings is 1. The lowest BCUT2D eigenvalue weighted by atomic mass is 9.73. The lowest BCUT2D eigenvalue weighted by Gasteiger charge is -2.43. The minimum atomic E-state index is -5.14. The SMILES string of the molecule is CC(C)[C@]1(C(=O)N2Cc3cc(C(F)(F)F)ccc3C(F)(F)C2)CC[C@@H](N(C(=O)C(F)(F)F)C2CCOCC2)C1. The van der Waals surface area contributed by atoms with Crippen molar-refractivity contribution in [3.8, 4) is 0 Å². The number of nitrogens with zero attached hydrogens (tertiary/aromatic N) is 2. The number of halogens is 8. The summed E-state index contributed by atoms with van der Waals surface area (Å²) in [7, 11) is 0. The van der Waals surface area contributed by atoms with E-state index in [2.05, 4.69) is 0 Å². The Balaban J connectivity index is 1.64. The molecule has 1 saturated carbocycles. The van der Waals surface area contributed by atoms with Crippen LogP contribution in [0.3, 0.4) is 0 Å². The number of rotatable bonds is 4. The van der Waals surface area contributed by atoms with Crippen LogP contribution >= 0.6 is 0 Å². The Hall–Kier alpha value is -2.44. The van der Waals surface area contributed by atoms with E-state index in [1.807, 2.05) is 0 Å². The van der Waals surface area contributed by atoms with Gasteiger partial charge in [-0.25, -0.2) is 0 Å². The molecule has 5 nitrogen and oxygen atoms in total. The van der Waals surface area contributed by atoms with Crippen LogP contribution in [0.1, 0.15) is 62.6 Å². The monoisotopic (exact) mass is 570 g/mol. The fraction of sp³-hybridized carbons (Fsp3) is 0.692. The molecule has 2 aliphatic heterocycles. The molecule has 39 heavy (non-hydrogen) atoms. The van der Waals surface area contributed by atoms with Gasteiger partial charge >= 0.3 is 18.3 Å². The normalized spacial score (nSPS) is 26.0. The van der Waals surface area contributed by atoms with E-state index in [0.29, 0.717) is 12.1 Å². The minimum absolute atomic E-state index is 0.0521. The van der Waals surface area contributed by atoms with Gasteiger partial charge in [0.2, 0.25) is 5.91 Å². The van der Waals surface area contributed by atoms with Crippen LogP contribution in [0.5, 0.6) is 0 Å². The number of carbonyl (C=O) groups excluding carboxylic acids is 2. The smallest absolute Gasteiger partial charge is 0.381 e. The van der Waals surface area contributed by atoms with Crippen molar-refractivity contribution < 1.29 is 49.4 Å². The Labute approximate surface area is 220 Å². The van der Waals surface area contributed by atoms with Gasteiger partial charge in [0.25, 0.3) is 5.92 Å². The number of amides is 2. The van der Waals surface area contributed by atoms with Crippen molar-refractivity contribution in [3.05, 3.63) is 34.9 Å². The molecule has 4 rings (SSSR count). The second-order valence-corrected chi connectivity index (χ2v) is 11.0. The Morgan fingerprint density at radius 3 is 2.23 bits per heavy atom. The van der Waals surface area contributed by atoms with Gasteiger partial charge in [0.1, 0.15) is 0 Å². The predicted octanol–water partition coefficient (Wildman–Crippen LogP) is 5.90. The lowest BCUT2D eigenvalue weighted by molar-refractivity contribution is -0.192. The second-order valence-electron chi connectivity index (χ2n) is 11.0. The molecule has 13 heteroatoms. The number of carbonyl (C=O) groups is 2. The van der Waals surface area contributed by atoms with Gasteiger partial charge in [-0.2, -0.15) is 35.1 Å². The highest BCUT2D eigenvalue weighted by atomic mass is 19.4. The number of hydrogen-bond acceptors (Lipinski definition) is 3. The van der Waals surface area contributed by atoms with E-state index in [1.165, 1.54) is 0 Å². The van der Waals surface area contributed by atoms with E-state index in [-0.39, 0.29) is 50.9 Å². The molecule has 0 unspecified atom stereocenters. The molecule has 0 radical (unpaired) electrons. The van der Waals surface area contributed by atoms with Crippen LogP contribution in [-0.4, -0.2) is 59.6 Å². The largest absolute Gasteiger partial charge is 0.471 e. The molecule has 1 aromatic carbocycles. The maximum atomic E-state index is 15.1. The van der Waals surface area contributed by atoms with Gasteiger partial charge in [-0.3, -0.25) is 9.59 Å². The van der Waals surface area contributed by atoms with Crippen LogP contribution in [0.15, 0.2) is 18.2 Å². The highest BCUT2D eigenvalue weighted by Crippen LogP contribution is 2.50. The minimum Gasteiger partial charge on any atom is -0.381 e. The van der Waals surface area contributed by atoms with Crippen LogP contribution in [-0.2, 0) is 33.0 Å². The molecule has 3 aliphatic rings. The Morgan fingerprint density at radius 1 is 1.03 bits per heavy atom. The summed E-state index contributed by atoms with van der Waals surface area (Å²) in [5, 5.41) is 0. The van der Waals surface area contributed by atoms with Gasteiger partial charge < -0.3 is 14.5 Å². The van der Waals surface area contributed by atoms with Gasteiger partial charge in [-0.15, -0.1) is 0 Å². The van der Waals surface area contributed by atoms with Crippen molar-refractivity contribution in [1.82, 2.24) is 9.80 Å². The van der Waals surface area contributed by atoms with Gasteiger partial charge in [-0.05, 0) is 55.7 Å². The second kappa shape index (κ2) is 10.2. The molecule has 1 saturated heterocycles. The maximum absolute atomic E-state index is 15.1. The van der Waals surface area contributed by atoms with E-state index in [0.717, 1.165) is 15.9 Å². The molecule has 1 aromatic rings. The molecule has 2 fully saturated rings. The molecule has 2 atom stereocenters. The Bertz CT molecular complexity index is 1100. The van der Waals surface area contributed by atoms with Crippen molar-refractivity contribution >= 4 is 11.8 Å². The first-order chi connectivity index (χ1) is 18.0. The van der Waals surface area contributed by atoms with Crippen molar-refractivity contribution in [2.45, 2.75) is 82.9 Å². The summed E-state index contributed by atoms with van der Waals surface area (Å²) in [5.74, 6) is -6.88. The first-order valence-electron chi connectivity index (χ1n) is 12.8. The molecular weight excluding hydrogens is 540 g/mol. The van der Waals surface area contributed by atoms with Crippen LogP contribution in [0.25, 0.3) is 0 Å². The summed E-state index contributed by atoms with van der Waals surface area (Å²) in [6, 6.07) is 0.199. The zero-order valence-corrected chi connectivity index (χ0v) is 21.5. The van der Waals surface area contributed by atoms with E-state index >= 15 is 8.78 Å². The number of hydrogen-bond donors (Lipinski definition) is 0. The van der Waals surface area contributed by atoms with Crippen molar-refractivity contribution in [2.75, 3.05) is 19.8 Å². The van der Waals surface area contributed by atoms with E-state index in [1.54, 1.807) is 13.8 Å². The third-order valence-electron chi connectivity index (χ3n) is 8.37. The van der Waals surface area contributed by atoms with Gasteiger partial charge in [0.15, 0.2) is 0 Å². The summed E-state index contributed by atoms with van der Waals surface area (Å²) < 4.78 is 116. The van der Waals surface area contributed by atoms with Crippen molar-refractivity contribution in [3.63, 3.8) is 0 Å². The molecule has 2 amide bonds. The highest BCUT2D eigenvalue weighted by Gasteiger charge is 2.56. The molecule has 0 aromatic heterocycles. The summed E-state index contributed by atoms with van der Waals surface area (Å²) in [5.41, 5.74) is -3.42. The zero-order chi connectivity index (χ0) is 29.0. The quantitative estimate of drug-likeness (QED) is 0.424. The molecule has 0 spiro atoms. The summed E-state index contributed by atoms with van der Waals surface area (Å²) in [6.07, 6.45) is -9.58. The molecule has 0 bridgehead atoms. The number of fused-ring (bicyclic) bond motifs is 1. The maximum Gasteiger partial charge on any atom is 0.471 e. The molecule has 1 aliphatic carbocycles. The summed E-state index contributed by atoms with van der Waals surface area (Å²) in [4.78, 5) is 28.0. The van der Waals surface area contributed by atoms with Crippen molar-refractivity contribution in [2.24, 2.45) is 11.3 Å². The summed E-state index contributed by atoms with van der Waals surface area (Å²) >= 11 is 0. The average molecular weight is 571 g/mol. The predicted molar refractivity (Wildman–Crippen MR) is 122 cm³/mol. The summed E-state index contributed by atoms with van der Waals surface area (Å²) in [6.45, 7) is 2.11. The molecule has 218 valence electrons. The third-order valence-corrected chi connectivity index (χ3v) is 8.37. The third kappa shape index (κ3) is 5.60. The van der Waals surface area contributed by atoms with E-state index in [4.69, 9.17) is 4.74 Å². The highest BCUT2D eigenvalue weighted by molar-refractivity contribution is 5.85. The molecule has 0 N–H and O–H groups in total. The zero-order valence-electron chi connectivity index (χ0n) is 21.5. The van der Waals surface area contributed by atoms with Crippen LogP contribution in [0, 0.1) is 11.3 Å². The Kier molecular flexibility index (Phi) is 7.72. The number of alkyl halides is 8. The van der Waals surface area contributed by atoms with Crippen LogP contribution in [0.4, 0.5) is 35.1 Å². The fourth-order valence-corrected chi connectivity index (χ4v) is 6.29. The average Bonchev–Trinajstić information content (AvgIpc) is 3.29. The first kappa shape index (κ1) is 29.5. The molecule has 2 heterocycles. The van der Waals surface area contributed by atoms with Crippen molar-refractivity contribution in [1.29, 1.82) is 0 Å². The van der Waals surface area contributed by atoms with E-state index < -0.39 is 77.7 Å². The van der Waals surface area contributed by atoms with Gasteiger partial charge in [0.05, 0.1) is 17.5 Å². The van der Waals surface area contributed by atoms with Crippen LogP contribution in [0.2, 0.25) is 0 Å². The van der Waals surface area contributed by atoms with E-state index in [9.17, 15) is 35.9 Å². The standard InChI is InChI=1S/C26H30F8N2O3/c1-15(2)23(8-5-19(12-23)36(22(38)26(32,33)34)18-6-9-39-10-7-18)21(37)35-13-16-11-17(25(29,30)31)3-4-20(16)24(27,28)14-35/h3-4,11,15,18-19H,5-10,12-14H2,1-2H3/t19-,23+/m1/s1. The Morgan fingerprint density at radius 2 is 1.67 bits per heavy atom. The fourth-order valence-electron chi connectivity index (χ4n) is 6.29. The lowest BCUT2D eigenvalue weighted by Crippen LogP contribution is -2.55. The topological polar surface area (TPSA) is 49.9 Å². The van der Waals surface area contributed by atoms with Crippen LogP contribution < -0.4 is 0 Å². The molecular formula is C26H30F8N2O3. The number of ether oxygens (including phenoxy) is 1. The van der Waals surface area contributed by atoms with Gasteiger partial charge in [0, 0.05) is 37.4 Å². The van der Waals surface area contributed by atoms with Gasteiger partial charge in [-0.1, -0.05) is 19.9 Å².